The van der Waals surface area contributed by atoms with Crippen molar-refractivity contribution in [3.63, 3.8) is 0 Å². The maximum Gasteiger partial charge on any atom is 0.266 e. The number of halogens is 1. The zero-order chi connectivity index (χ0) is 27.5. The number of carbonyl (C=O) groups excluding carboxylic acids is 1. The Labute approximate surface area is 227 Å². The molecule has 5 aromatic rings. The van der Waals surface area contributed by atoms with Gasteiger partial charge in [0.05, 0.1) is 28.2 Å². The fraction of sp³-hybridized carbons (Fsp3) is 0.182. The molecule has 0 saturated carbocycles. The van der Waals surface area contributed by atoms with Gasteiger partial charge < -0.3 is 4.90 Å². The Morgan fingerprint density at radius 3 is 2.31 bits per heavy atom. The van der Waals surface area contributed by atoms with Gasteiger partial charge in [-0.15, -0.1) is 0 Å². The molecule has 5 nitrogen and oxygen atoms in total. The molecule has 5 rings (SSSR count). The lowest BCUT2D eigenvalue weighted by atomic mass is 10.0. The van der Waals surface area contributed by atoms with Crippen molar-refractivity contribution in [1.29, 1.82) is 0 Å². The lowest BCUT2D eigenvalue weighted by Crippen LogP contribution is -2.38. The molecule has 0 N–H and O–H groups in total. The Balaban J connectivity index is 1.76. The Hall–Kier alpha value is -4.58. The van der Waals surface area contributed by atoms with Gasteiger partial charge >= 0.3 is 0 Å². The van der Waals surface area contributed by atoms with Crippen molar-refractivity contribution in [3.8, 4) is 5.69 Å². The van der Waals surface area contributed by atoms with E-state index >= 15 is 0 Å². The second kappa shape index (κ2) is 11.0. The molecule has 0 saturated heterocycles. The summed E-state index contributed by atoms with van der Waals surface area (Å²) in [5.74, 6) is -0.614. The van der Waals surface area contributed by atoms with E-state index in [1.54, 1.807) is 33.7 Å². The summed E-state index contributed by atoms with van der Waals surface area (Å²) in [4.78, 5) is 34.6. The Morgan fingerprint density at radius 1 is 0.897 bits per heavy atom. The maximum atomic E-state index is 14.9. The number of amides is 1. The second-order valence-corrected chi connectivity index (χ2v) is 9.72. The van der Waals surface area contributed by atoms with Gasteiger partial charge in [-0.25, -0.2) is 9.37 Å². The molecule has 1 aromatic heterocycles. The number of fused-ring (bicyclic) bond motifs is 1. The highest BCUT2D eigenvalue weighted by atomic mass is 19.1. The molecule has 0 spiro atoms. The minimum atomic E-state index is -0.615. The van der Waals surface area contributed by atoms with E-state index in [1.807, 2.05) is 81.4 Å². The first-order valence-corrected chi connectivity index (χ1v) is 13.1. The lowest BCUT2D eigenvalue weighted by molar-refractivity contribution is 0.0636. The molecular weight excluding hydrogens is 489 g/mol. The number of carbonyl (C=O) groups is 1. The molecule has 0 bridgehead atoms. The van der Waals surface area contributed by atoms with E-state index < -0.39 is 17.8 Å². The molecule has 1 amide bonds. The zero-order valence-electron chi connectivity index (χ0n) is 22.3. The smallest absolute Gasteiger partial charge is 0.266 e. The zero-order valence-corrected chi connectivity index (χ0v) is 22.3. The van der Waals surface area contributed by atoms with Gasteiger partial charge in [0.1, 0.15) is 11.6 Å². The van der Waals surface area contributed by atoms with E-state index in [1.165, 1.54) is 12.1 Å². The van der Waals surface area contributed by atoms with Crippen molar-refractivity contribution < 1.29 is 9.18 Å². The third-order valence-corrected chi connectivity index (χ3v) is 7.17. The quantitative estimate of drug-likeness (QED) is 0.234. The van der Waals surface area contributed by atoms with Crippen molar-refractivity contribution in [2.45, 2.75) is 39.8 Å². The highest BCUT2D eigenvalue weighted by Gasteiger charge is 2.31. The monoisotopic (exact) mass is 519 g/mol. The standard InChI is InChI=1S/C33H30FN3O2/c1-4-30(36(21-24-12-6-5-7-13-24)32(38)26-14-8-10-16-28(26)34)31-35-29-17-11-9-15-27(29)33(39)37(31)25-19-18-22(2)23(3)20-25/h5-20,30H,4,21H2,1-3H3. The Kier molecular flexibility index (Phi) is 7.37. The van der Waals surface area contributed by atoms with Crippen LogP contribution in [0.5, 0.6) is 0 Å². The topological polar surface area (TPSA) is 55.2 Å². The summed E-state index contributed by atoms with van der Waals surface area (Å²) >= 11 is 0. The van der Waals surface area contributed by atoms with Crippen LogP contribution >= 0.6 is 0 Å². The minimum Gasteiger partial charge on any atom is -0.324 e. The van der Waals surface area contributed by atoms with E-state index in [-0.39, 0.29) is 17.7 Å². The van der Waals surface area contributed by atoms with E-state index in [4.69, 9.17) is 4.98 Å². The maximum absolute atomic E-state index is 14.9. The number of nitrogens with zero attached hydrogens (tertiary/aromatic N) is 3. The summed E-state index contributed by atoms with van der Waals surface area (Å²) in [6.07, 6.45) is 0.461. The van der Waals surface area contributed by atoms with E-state index in [0.29, 0.717) is 28.8 Å². The number of rotatable bonds is 7. The van der Waals surface area contributed by atoms with Crippen molar-refractivity contribution in [1.82, 2.24) is 14.5 Å². The fourth-order valence-corrected chi connectivity index (χ4v) is 4.92. The third kappa shape index (κ3) is 5.10. The molecule has 0 aliphatic carbocycles. The van der Waals surface area contributed by atoms with E-state index in [0.717, 1.165) is 16.7 Å². The third-order valence-electron chi connectivity index (χ3n) is 7.17. The summed E-state index contributed by atoms with van der Waals surface area (Å²) in [5, 5.41) is 0.490. The molecule has 1 atom stereocenters. The van der Waals surface area contributed by atoms with Crippen LogP contribution in [0.2, 0.25) is 0 Å². The molecule has 6 heteroatoms. The molecule has 1 unspecified atom stereocenters. The Morgan fingerprint density at radius 2 is 1.59 bits per heavy atom. The number of para-hydroxylation sites is 1. The number of hydrogen-bond acceptors (Lipinski definition) is 3. The van der Waals surface area contributed by atoms with Gasteiger partial charge in [-0.3, -0.25) is 14.2 Å². The molecule has 39 heavy (non-hydrogen) atoms. The van der Waals surface area contributed by atoms with Crippen LogP contribution in [0.3, 0.4) is 0 Å². The molecule has 0 radical (unpaired) electrons. The van der Waals surface area contributed by atoms with Crippen LogP contribution < -0.4 is 5.56 Å². The SMILES string of the molecule is CCC(c1nc2ccccc2c(=O)n1-c1ccc(C)c(C)c1)N(Cc1ccccc1)C(=O)c1ccccc1F. The number of benzene rings is 4. The van der Waals surface area contributed by atoms with Crippen LogP contribution in [0.25, 0.3) is 16.6 Å². The average Bonchev–Trinajstić information content (AvgIpc) is 2.95. The first-order chi connectivity index (χ1) is 18.9. The summed E-state index contributed by atoms with van der Waals surface area (Å²) in [6.45, 7) is 6.19. The molecule has 0 fully saturated rings. The van der Waals surface area contributed by atoms with E-state index in [2.05, 4.69) is 0 Å². The van der Waals surface area contributed by atoms with Crippen LogP contribution in [0.1, 0.15) is 52.3 Å². The van der Waals surface area contributed by atoms with Crippen molar-refractivity contribution >= 4 is 16.8 Å². The summed E-state index contributed by atoms with van der Waals surface area (Å²) in [5.41, 5.74) is 4.02. The van der Waals surface area contributed by atoms with Crippen molar-refractivity contribution in [2.24, 2.45) is 0 Å². The largest absolute Gasteiger partial charge is 0.324 e. The van der Waals surface area contributed by atoms with Gasteiger partial charge in [-0.05, 0) is 73.4 Å². The fourth-order valence-electron chi connectivity index (χ4n) is 4.92. The number of hydrogen-bond donors (Lipinski definition) is 0. The molecule has 0 aliphatic heterocycles. The first-order valence-electron chi connectivity index (χ1n) is 13.1. The normalized spacial score (nSPS) is 11.9. The second-order valence-electron chi connectivity index (χ2n) is 9.72. The van der Waals surface area contributed by atoms with Crippen LogP contribution in [0.4, 0.5) is 4.39 Å². The molecule has 4 aromatic carbocycles. The molecule has 0 aliphatic rings. The van der Waals surface area contributed by atoms with Crippen LogP contribution in [0.15, 0.2) is 102 Å². The van der Waals surface area contributed by atoms with Gasteiger partial charge in [0.2, 0.25) is 0 Å². The summed E-state index contributed by atoms with van der Waals surface area (Å²) in [6, 6.07) is 28.0. The van der Waals surface area contributed by atoms with E-state index in [9.17, 15) is 14.0 Å². The predicted molar refractivity (Wildman–Crippen MR) is 153 cm³/mol. The van der Waals surface area contributed by atoms with Crippen LogP contribution in [0, 0.1) is 19.7 Å². The van der Waals surface area contributed by atoms with Crippen LogP contribution in [-0.2, 0) is 6.54 Å². The predicted octanol–water partition coefficient (Wildman–Crippen LogP) is 6.94. The highest BCUT2D eigenvalue weighted by Crippen LogP contribution is 2.30. The first kappa shape index (κ1) is 26.0. The summed E-state index contributed by atoms with van der Waals surface area (Å²) in [7, 11) is 0. The van der Waals surface area contributed by atoms with Gasteiger partial charge in [-0.1, -0.05) is 67.6 Å². The van der Waals surface area contributed by atoms with Gasteiger partial charge in [0, 0.05) is 6.54 Å². The van der Waals surface area contributed by atoms with Crippen LogP contribution in [-0.4, -0.2) is 20.4 Å². The molecule has 196 valence electrons. The number of aromatic nitrogens is 2. The average molecular weight is 520 g/mol. The van der Waals surface area contributed by atoms with Gasteiger partial charge in [0.25, 0.3) is 11.5 Å². The highest BCUT2D eigenvalue weighted by molar-refractivity contribution is 5.94. The lowest BCUT2D eigenvalue weighted by Gasteiger charge is -2.33. The molecule has 1 heterocycles. The minimum absolute atomic E-state index is 0.0206. The number of aryl methyl sites for hydroxylation is 2. The summed E-state index contributed by atoms with van der Waals surface area (Å²) < 4.78 is 16.5. The Bertz CT molecular complexity index is 1710. The van der Waals surface area contributed by atoms with Crippen molar-refractivity contribution in [3.05, 3.63) is 141 Å². The molecular formula is C33H30FN3O2. The van der Waals surface area contributed by atoms with Gasteiger partial charge in [-0.2, -0.15) is 0 Å². The van der Waals surface area contributed by atoms with Crippen molar-refractivity contribution in [2.75, 3.05) is 0 Å². The van der Waals surface area contributed by atoms with Gasteiger partial charge in [0.15, 0.2) is 0 Å².